The van der Waals surface area contributed by atoms with Crippen molar-refractivity contribution in [3.8, 4) is 0 Å². The molecule has 158 valence electrons. The maximum absolute atomic E-state index is 13.0. The molecule has 4 rings (SSSR count). The Hall–Kier alpha value is -2.80. The molecule has 0 bridgehead atoms. The van der Waals surface area contributed by atoms with Gasteiger partial charge in [-0.3, -0.25) is 4.90 Å². The Morgan fingerprint density at radius 2 is 1.77 bits per heavy atom. The molecule has 0 atom stereocenters. The van der Waals surface area contributed by atoms with Crippen LogP contribution < -0.4 is 10.5 Å². The number of nitrogens with zero attached hydrogens (tertiary/aromatic N) is 2. The molecule has 0 saturated carbocycles. The number of hydrogen-bond acceptors (Lipinski definition) is 4. The quantitative estimate of drug-likeness (QED) is 0.578. The summed E-state index contributed by atoms with van der Waals surface area (Å²) in [6.07, 6.45) is -3.48. The Morgan fingerprint density at radius 1 is 1.00 bits per heavy atom. The van der Waals surface area contributed by atoms with Gasteiger partial charge in [0.25, 0.3) is 0 Å². The van der Waals surface area contributed by atoms with Gasteiger partial charge in [-0.15, -0.1) is 0 Å². The normalized spacial score (nSPS) is 15.7. The molecule has 1 saturated heterocycles. The van der Waals surface area contributed by atoms with Crippen molar-refractivity contribution in [1.82, 2.24) is 4.90 Å². The largest absolute Gasteiger partial charge is 0.423 e. The van der Waals surface area contributed by atoms with E-state index in [1.807, 2.05) is 30.0 Å². The summed E-state index contributed by atoms with van der Waals surface area (Å²) in [7, 11) is 0. The third kappa shape index (κ3) is 4.36. The summed E-state index contributed by atoms with van der Waals surface area (Å²) in [4.78, 5) is 16.2. The summed E-state index contributed by atoms with van der Waals surface area (Å²) >= 11 is 0. The van der Waals surface area contributed by atoms with E-state index in [1.165, 1.54) is 18.2 Å². The van der Waals surface area contributed by atoms with Gasteiger partial charge in [-0.25, -0.2) is 4.79 Å². The van der Waals surface area contributed by atoms with E-state index in [9.17, 15) is 18.0 Å². The number of benzene rings is 2. The summed E-state index contributed by atoms with van der Waals surface area (Å²) in [6.45, 7) is 5.30. The highest BCUT2D eigenvalue weighted by Gasteiger charge is 2.31. The molecular formula is C23H23F3N2O2. The minimum Gasteiger partial charge on any atom is -0.423 e. The first kappa shape index (κ1) is 20.5. The molecule has 1 fully saturated rings. The van der Waals surface area contributed by atoms with Crippen LogP contribution >= 0.6 is 0 Å². The van der Waals surface area contributed by atoms with E-state index in [0.717, 1.165) is 29.0 Å². The van der Waals surface area contributed by atoms with Gasteiger partial charge in [0.05, 0.1) is 5.56 Å². The third-order valence-electron chi connectivity index (χ3n) is 5.61. The molecule has 0 unspecified atom stereocenters. The smallest absolute Gasteiger partial charge is 0.416 e. The molecular weight excluding hydrogens is 393 g/mol. The van der Waals surface area contributed by atoms with Gasteiger partial charge in [0.1, 0.15) is 5.58 Å². The summed E-state index contributed by atoms with van der Waals surface area (Å²) < 4.78 is 44.3. The number of alkyl halides is 3. The summed E-state index contributed by atoms with van der Waals surface area (Å²) in [5.74, 6) is 0. The second-order valence-electron chi connectivity index (χ2n) is 7.59. The Morgan fingerprint density at radius 3 is 2.47 bits per heavy atom. The van der Waals surface area contributed by atoms with E-state index in [4.69, 9.17) is 4.42 Å². The minimum absolute atomic E-state index is 0.367. The first-order valence-corrected chi connectivity index (χ1v) is 10.0. The lowest BCUT2D eigenvalue weighted by molar-refractivity contribution is -0.137. The van der Waals surface area contributed by atoms with Crippen LogP contribution in [0.3, 0.4) is 0 Å². The number of rotatable bonds is 4. The predicted octanol–water partition coefficient (Wildman–Crippen LogP) is 4.70. The molecule has 0 N–H and O–H groups in total. The number of hydrogen-bond donors (Lipinski definition) is 0. The Labute approximate surface area is 172 Å². The van der Waals surface area contributed by atoms with E-state index in [1.54, 1.807) is 6.07 Å². The minimum atomic E-state index is -4.34. The van der Waals surface area contributed by atoms with Gasteiger partial charge >= 0.3 is 11.8 Å². The highest BCUT2D eigenvalue weighted by atomic mass is 19.4. The number of fused-ring (bicyclic) bond motifs is 1. The maximum atomic E-state index is 13.0. The van der Waals surface area contributed by atoms with Gasteiger partial charge in [-0.05, 0) is 41.8 Å². The number of halogens is 3. The molecule has 0 aliphatic carbocycles. The van der Waals surface area contributed by atoms with Gasteiger partial charge in [0.2, 0.25) is 0 Å². The number of aryl methyl sites for hydroxylation is 1. The fraction of sp³-hybridized carbons (Fsp3) is 0.348. The Balaban J connectivity index is 1.48. The molecule has 30 heavy (non-hydrogen) atoms. The fourth-order valence-electron chi connectivity index (χ4n) is 3.91. The molecule has 2 aromatic carbocycles. The van der Waals surface area contributed by atoms with Gasteiger partial charge in [-0.2, -0.15) is 13.2 Å². The average molecular weight is 416 g/mol. The lowest BCUT2D eigenvalue weighted by Gasteiger charge is -2.36. The molecule has 0 radical (unpaired) electrons. The molecule has 1 aliphatic heterocycles. The third-order valence-corrected chi connectivity index (χ3v) is 5.61. The number of anilines is 1. The lowest BCUT2D eigenvalue weighted by Crippen LogP contribution is -2.46. The maximum Gasteiger partial charge on any atom is 0.416 e. The molecule has 0 spiro atoms. The van der Waals surface area contributed by atoms with Crippen LogP contribution in [0.4, 0.5) is 18.9 Å². The van der Waals surface area contributed by atoms with Crippen molar-refractivity contribution in [2.24, 2.45) is 0 Å². The van der Waals surface area contributed by atoms with E-state index in [0.29, 0.717) is 44.0 Å². The van der Waals surface area contributed by atoms with Crippen LogP contribution in [-0.4, -0.2) is 31.1 Å². The molecule has 2 heterocycles. The van der Waals surface area contributed by atoms with Crippen molar-refractivity contribution in [3.05, 3.63) is 75.6 Å². The lowest BCUT2D eigenvalue weighted by atomic mass is 10.1. The highest BCUT2D eigenvalue weighted by molar-refractivity contribution is 5.80. The van der Waals surface area contributed by atoms with Gasteiger partial charge < -0.3 is 9.32 Å². The molecule has 7 heteroatoms. The second kappa shape index (κ2) is 8.14. The summed E-state index contributed by atoms with van der Waals surface area (Å²) in [5.41, 5.74) is 2.21. The summed E-state index contributed by atoms with van der Waals surface area (Å²) in [5, 5.41) is 0.923. The van der Waals surface area contributed by atoms with Crippen molar-refractivity contribution in [2.45, 2.75) is 26.1 Å². The molecule has 4 nitrogen and oxygen atoms in total. The average Bonchev–Trinajstić information content (AvgIpc) is 2.73. The topological polar surface area (TPSA) is 36.7 Å². The molecule has 0 amide bonds. The molecule has 1 aromatic heterocycles. The second-order valence-corrected chi connectivity index (χ2v) is 7.59. The van der Waals surface area contributed by atoms with Crippen LogP contribution in [-0.2, 0) is 19.1 Å². The molecule has 1 aliphatic rings. The van der Waals surface area contributed by atoms with Gasteiger partial charge in [0.15, 0.2) is 0 Å². The van der Waals surface area contributed by atoms with Crippen LogP contribution in [0.1, 0.15) is 23.6 Å². The van der Waals surface area contributed by atoms with Gasteiger partial charge in [-0.1, -0.05) is 25.1 Å². The van der Waals surface area contributed by atoms with E-state index >= 15 is 0 Å². The Kier molecular flexibility index (Phi) is 5.56. The first-order valence-electron chi connectivity index (χ1n) is 10.0. The van der Waals surface area contributed by atoms with Crippen LogP contribution in [0, 0.1) is 0 Å². The van der Waals surface area contributed by atoms with Crippen LogP contribution in [0.2, 0.25) is 0 Å². The van der Waals surface area contributed by atoms with Crippen molar-refractivity contribution in [3.63, 3.8) is 0 Å². The number of piperazine rings is 1. The zero-order valence-electron chi connectivity index (χ0n) is 16.7. The first-order chi connectivity index (χ1) is 14.3. The van der Waals surface area contributed by atoms with Crippen molar-refractivity contribution < 1.29 is 17.6 Å². The standard InChI is InChI=1S/C23H23F3N2O2/c1-2-16-6-7-20-17(13-22(29)30-21(20)12-16)15-27-8-10-28(11-9-27)19-5-3-4-18(14-19)23(24,25)26/h3-7,12-14H,2,8-11,15H2,1H3. The van der Waals surface area contributed by atoms with Crippen molar-refractivity contribution >= 4 is 16.7 Å². The van der Waals surface area contributed by atoms with Gasteiger partial charge in [0, 0.05) is 49.9 Å². The summed E-state index contributed by atoms with van der Waals surface area (Å²) in [6, 6.07) is 12.9. The monoisotopic (exact) mass is 416 g/mol. The fourth-order valence-corrected chi connectivity index (χ4v) is 3.91. The van der Waals surface area contributed by atoms with Crippen LogP contribution in [0.5, 0.6) is 0 Å². The van der Waals surface area contributed by atoms with E-state index in [-0.39, 0.29) is 5.63 Å². The predicted molar refractivity (Wildman–Crippen MR) is 111 cm³/mol. The van der Waals surface area contributed by atoms with Crippen molar-refractivity contribution in [2.75, 3.05) is 31.1 Å². The molecule has 3 aromatic rings. The van der Waals surface area contributed by atoms with Crippen molar-refractivity contribution in [1.29, 1.82) is 0 Å². The van der Waals surface area contributed by atoms with E-state index in [2.05, 4.69) is 4.90 Å². The zero-order valence-corrected chi connectivity index (χ0v) is 16.7. The highest BCUT2D eigenvalue weighted by Crippen LogP contribution is 2.32. The van der Waals surface area contributed by atoms with E-state index < -0.39 is 11.7 Å². The zero-order chi connectivity index (χ0) is 21.3. The van der Waals surface area contributed by atoms with Crippen LogP contribution in [0.25, 0.3) is 11.0 Å². The van der Waals surface area contributed by atoms with Crippen LogP contribution in [0.15, 0.2) is 57.7 Å². The Bertz CT molecular complexity index is 1100. The SMILES string of the molecule is CCc1ccc2c(CN3CCN(c4cccc(C(F)(F)F)c4)CC3)cc(=O)oc2c1.